The molecule has 2 heterocycles. The van der Waals surface area contributed by atoms with Crippen molar-refractivity contribution in [2.45, 2.75) is 26.4 Å². The number of sulfonamides is 1. The zero-order chi connectivity index (χ0) is 21.7. The van der Waals surface area contributed by atoms with Crippen LogP contribution in [0.5, 0.6) is 11.6 Å². The summed E-state index contributed by atoms with van der Waals surface area (Å²) in [4.78, 5) is 16.6. The number of pyridine rings is 1. The molecule has 3 rings (SSSR count). The summed E-state index contributed by atoms with van der Waals surface area (Å²) >= 11 is 0. The quantitative estimate of drug-likeness (QED) is 0.580. The maximum absolute atomic E-state index is 12.5. The van der Waals surface area contributed by atoms with Crippen molar-refractivity contribution in [3.05, 3.63) is 36.0 Å². The normalized spacial score (nSPS) is 12.5. The van der Waals surface area contributed by atoms with E-state index in [2.05, 4.69) is 10.3 Å². The van der Waals surface area contributed by atoms with E-state index < -0.39 is 16.1 Å². The van der Waals surface area contributed by atoms with Crippen molar-refractivity contribution in [1.82, 2.24) is 9.71 Å². The number of aromatic nitrogens is 1. The molecule has 0 radical (unpaired) electrons. The fourth-order valence-corrected chi connectivity index (χ4v) is 3.82. The van der Waals surface area contributed by atoms with Gasteiger partial charge in [-0.2, -0.15) is 0 Å². The van der Waals surface area contributed by atoms with Crippen molar-refractivity contribution in [3.8, 4) is 22.8 Å². The van der Waals surface area contributed by atoms with E-state index in [9.17, 15) is 13.2 Å². The van der Waals surface area contributed by atoms with Gasteiger partial charge in [-0.05, 0) is 37.6 Å². The molecule has 0 atom stereocenters. The summed E-state index contributed by atoms with van der Waals surface area (Å²) in [5.41, 5.74) is 2.76. The van der Waals surface area contributed by atoms with Crippen molar-refractivity contribution < 1.29 is 27.4 Å². The van der Waals surface area contributed by atoms with E-state index in [-0.39, 0.29) is 48.0 Å². The van der Waals surface area contributed by atoms with Gasteiger partial charge in [-0.15, -0.1) is 0 Å². The van der Waals surface area contributed by atoms with Crippen LogP contribution in [0.15, 0.2) is 30.5 Å². The third kappa shape index (κ3) is 6.81. The van der Waals surface area contributed by atoms with E-state index in [1.807, 2.05) is 10.8 Å². The van der Waals surface area contributed by atoms with Crippen LogP contribution in [0.2, 0.25) is 0 Å². The molecule has 1 aromatic heterocycles. The summed E-state index contributed by atoms with van der Waals surface area (Å²) in [6.45, 7) is 4.09. The molecule has 0 spiro atoms. The molecular formula is C20H26N3NaO6S. The summed E-state index contributed by atoms with van der Waals surface area (Å²) in [5, 5.41) is 2.69. The van der Waals surface area contributed by atoms with E-state index in [4.69, 9.17) is 14.2 Å². The first-order valence-corrected chi connectivity index (χ1v) is 11.2. The number of carbonyl (C=O) groups excluding carboxylic acids is 1. The molecule has 2 amide bonds. The van der Waals surface area contributed by atoms with Gasteiger partial charge in [-0.1, -0.05) is 0 Å². The topological polar surface area (TPSA) is 116 Å². The molecule has 0 fully saturated rings. The number of nitrogens with zero attached hydrogens (tertiary/aromatic N) is 1. The number of methoxy groups -OCH3 is 1. The summed E-state index contributed by atoms with van der Waals surface area (Å²) < 4.78 is 42.4. The zero-order valence-corrected chi connectivity index (χ0v) is 17.9. The standard InChI is InChI=1S/C20H25N3O6S.Na.H/c1-13(2)28-10-11-30(25,26)23-20(24)22-19-15(4-5-17-16(19)7-9-29-17)14-6-8-21-18(12-14)27-3;;/h4-6,8,12-13H,7,9-11H2,1-3H3,(H2,22,23,24);;. The molecule has 0 bridgehead atoms. The molecule has 9 nitrogen and oxygen atoms in total. The first-order valence-electron chi connectivity index (χ1n) is 9.51. The molecule has 31 heavy (non-hydrogen) atoms. The first kappa shape index (κ1) is 25.4. The second kappa shape index (κ2) is 11.1. The van der Waals surface area contributed by atoms with Gasteiger partial charge < -0.3 is 19.5 Å². The van der Waals surface area contributed by atoms with Crippen molar-refractivity contribution in [2.75, 3.05) is 31.4 Å². The van der Waals surface area contributed by atoms with Crippen LogP contribution >= 0.6 is 0 Å². The Morgan fingerprint density at radius 1 is 1.29 bits per heavy atom. The Kier molecular flexibility index (Phi) is 9.14. The second-order valence-electron chi connectivity index (χ2n) is 6.94. The van der Waals surface area contributed by atoms with Gasteiger partial charge in [-0.25, -0.2) is 22.9 Å². The number of carbonyl (C=O) groups is 1. The molecule has 11 heteroatoms. The Labute approximate surface area is 204 Å². The zero-order valence-electron chi connectivity index (χ0n) is 17.1. The van der Waals surface area contributed by atoms with Gasteiger partial charge in [0.25, 0.3) is 0 Å². The molecular weight excluding hydrogens is 433 g/mol. The van der Waals surface area contributed by atoms with Gasteiger partial charge in [0.15, 0.2) is 0 Å². The van der Waals surface area contributed by atoms with Crippen LogP contribution in [0.1, 0.15) is 19.4 Å². The molecule has 0 unspecified atom stereocenters. The van der Waals surface area contributed by atoms with E-state index in [0.717, 1.165) is 11.1 Å². The van der Waals surface area contributed by atoms with Gasteiger partial charge >= 0.3 is 35.6 Å². The molecule has 1 aromatic carbocycles. The van der Waals surface area contributed by atoms with Gasteiger partial charge in [0.2, 0.25) is 15.9 Å². The van der Waals surface area contributed by atoms with Gasteiger partial charge in [0, 0.05) is 29.8 Å². The van der Waals surface area contributed by atoms with Gasteiger partial charge in [-0.3, -0.25) is 0 Å². The Hall–Kier alpha value is -1.85. The van der Waals surface area contributed by atoms with E-state index >= 15 is 0 Å². The van der Waals surface area contributed by atoms with Gasteiger partial charge in [0.05, 0.1) is 37.9 Å². The maximum atomic E-state index is 12.5. The number of urea groups is 1. The van der Waals surface area contributed by atoms with Crippen LogP contribution in [0.4, 0.5) is 10.5 Å². The minimum absolute atomic E-state index is 0. The fourth-order valence-electron chi connectivity index (χ4n) is 3.07. The SMILES string of the molecule is COc1cc(-c2ccc3c(c2NC(=O)NS(=O)(=O)CCOC(C)C)CCO3)ccn1.[NaH]. The fraction of sp³-hybridized carbons (Fsp3) is 0.400. The molecule has 2 aromatic rings. The third-order valence-corrected chi connectivity index (χ3v) is 5.63. The molecule has 0 saturated heterocycles. The van der Waals surface area contributed by atoms with Crippen LogP contribution in [-0.2, 0) is 21.2 Å². The predicted octanol–water partition coefficient (Wildman–Crippen LogP) is 1.92. The van der Waals surface area contributed by atoms with Gasteiger partial charge in [0.1, 0.15) is 5.75 Å². The average molecular weight is 460 g/mol. The van der Waals surface area contributed by atoms with Crippen molar-refractivity contribution >= 4 is 51.3 Å². The van der Waals surface area contributed by atoms with E-state index in [1.165, 1.54) is 7.11 Å². The van der Waals surface area contributed by atoms with Crippen molar-refractivity contribution in [1.29, 1.82) is 0 Å². The number of hydrogen-bond acceptors (Lipinski definition) is 7. The summed E-state index contributed by atoms with van der Waals surface area (Å²) in [7, 11) is -2.33. The van der Waals surface area contributed by atoms with Crippen LogP contribution in [0.25, 0.3) is 11.1 Å². The Bertz CT molecular complexity index is 1030. The predicted molar refractivity (Wildman–Crippen MR) is 120 cm³/mol. The van der Waals surface area contributed by atoms with Crippen LogP contribution in [0, 0.1) is 0 Å². The average Bonchev–Trinajstić information content (AvgIpc) is 3.16. The van der Waals surface area contributed by atoms with Crippen LogP contribution in [0.3, 0.4) is 0 Å². The Balaban J connectivity index is 0.00000341. The number of benzene rings is 1. The molecule has 164 valence electrons. The molecule has 2 N–H and O–H groups in total. The summed E-state index contributed by atoms with van der Waals surface area (Å²) in [6.07, 6.45) is 2.09. The Morgan fingerprint density at radius 3 is 2.77 bits per heavy atom. The minimum atomic E-state index is -3.85. The summed E-state index contributed by atoms with van der Waals surface area (Å²) in [6, 6.07) is 6.30. The van der Waals surface area contributed by atoms with E-state index in [1.54, 1.807) is 38.2 Å². The number of ether oxygens (including phenoxy) is 3. The van der Waals surface area contributed by atoms with E-state index in [0.29, 0.717) is 35.9 Å². The van der Waals surface area contributed by atoms with Crippen molar-refractivity contribution in [2.24, 2.45) is 0 Å². The number of nitrogens with one attached hydrogen (secondary N) is 2. The number of amides is 2. The molecule has 0 aliphatic carbocycles. The monoisotopic (exact) mass is 459 g/mol. The summed E-state index contributed by atoms with van der Waals surface area (Å²) in [5.74, 6) is 0.763. The first-order chi connectivity index (χ1) is 14.3. The van der Waals surface area contributed by atoms with Crippen molar-refractivity contribution in [3.63, 3.8) is 0 Å². The molecule has 1 aliphatic heterocycles. The van der Waals surface area contributed by atoms with Crippen LogP contribution in [-0.4, -0.2) is 81.2 Å². The number of anilines is 1. The number of fused-ring (bicyclic) bond motifs is 1. The van der Waals surface area contributed by atoms with Crippen LogP contribution < -0.4 is 19.5 Å². The second-order valence-corrected chi connectivity index (χ2v) is 8.79. The Morgan fingerprint density at radius 2 is 2.06 bits per heavy atom. The molecule has 1 aliphatic rings. The number of rotatable bonds is 8. The third-order valence-electron chi connectivity index (χ3n) is 4.42. The number of hydrogen-bond donors (Lipinski definition) is 2. The molecule has 0 saturated carbocycles.